The summed E-state index contributed by atoms with van der Waals surface area (Å²) in [7, 11) is 0. The van der Waals surface area contributed by atoms with Crippen LogP contribution in [0.5, 0.6) is 0 Å². The Labute approximate surface area is 71.6 Å². The highest BCUT2D eigenvalue weighted by atomic mass is 32.1. The number of thiocarbonyl (C=S) groups is 1. The van der Waals surface area contributed by atoms with Crippen LogP contribution in [0.25, 0.3) is 0 Å². The molecule has 0 aromatic carbocycles. The van der Waals surface area contributed by atoms with Gasteiger partial charge in [0.2, 0.25) is 6.21 Å². The van der Waals surface area contributed by atoms with Gasteiger partial charge in [-0.05, 0) is 12.2 Å². The second-order valence-corrected chi connectivity index (χ2v) is 2.70. The molecule has 0 aliphatic carbocycles. The molecule has 1 aliphatic rings. The third-order valence-corrected chi connectivity index (χ3v) is 1.69. The number of alkyl halides is 3. The average molecular weight is 196 g/mol. The first-order valence-electron chi connectivity index (χ1n) is 3.04. The van der Waals surface area contributed by atoms with Crippen LogP contribution in [0.1, 0.15) is 6.42 Å². The lowest BCUT2D eigenvalue weighted by Crippen LogP contribution is -2.26. The fourth-order valence-electron chi connectivity index (χ4n) is 0.736. The Bertz CT molecular complexity index is 279. The lowest BCUT2D eigenvalue weighted by atomic mass is 10.2. The fourth-order valence-corrected chi connectivity index (χ4v) is 0.872. The minimum atomic E-state index is -4.42. The maximum Gasteiger partial charge on any atom is 0.422 e. The molecule has 66 valence electrons. The van der Waals surface area contributed by atoms with E-state index in [1.54, 1.807) is 0 Å². The minimum absolute atomic E-state index is 0.0583. The van der Waals surface area contributed by atoms with Gasteiger partial charge in [-0.15, -0.1) is 0 Å². The van der Waals surface area contributed by atoms with E-state index >= 15 is 0 Å². The van der Waals surface area contributed by atoms with Gasteiger partial charge < -0.3 is 0 Å². The molecule has 1 heterocycles. The van der Waals surface area contributed by atoms with E-state index in [0.717, 1.165) is 6.08 Å². The van der Waals surface area contributed by atoms with Crippen molar-refractivity contribution in [2.75, 3.05) is 0 Å². The van der Waals surface area contributed by atoms with Crippen LogP contribution < -0.4 is 0 Å². The van der Waals surface area contributed by atoms with E-state index < -0.39 is 11.7 Å². The van der Waals surface area contributed by atoms with Crippen molar-refractivity contribution in [2.24, 2.45) is 0 Å². The molecule has 12 heavy (non-hydrogen) atoms. The van der Waals surface area contributed by atoms with Gasteiger partial charge in [0.05, 0.1) is 6.42 Å². The summed E-state index contributed by atoms with van der Waals surface area (Å²) in [6.07, 6.45) is -2.98. The Morgan fingerprint density at radius 2 is 2.08 bits per heavy atom. The molecule has 0 radical (unpaired) electrons. The number of hydrogen-bond donors (Lipinski definition) is 1. The first-order chi connectivity index (χ1) is 5.41. The zero-order valence-corrected chi connectivity index (χ0v) is 6.61. The molecule has 0 fully saturated rings. The van der Waals surface area contributed by atoms with Crippen molar-refractivity contribution in [3.05, 3.63) is 11.6 Å². The van der Waals surface area contributed by atoms with Crippen molar-refractivity contribution in [1.82, 2.24) is 0 Å². The van der Waals surface area contributed by atoms with Crippen LogP contribution in [0.4, 0.5) is 13.2 Å². The minimum Gasteiger partial charge on any atom is -0.284 e. The summed E-state index contributed by atoms with van der Waals surface area (Å²) in [5.74, 6) is 0. The van der Waals surface area contributed by atoms with Crippen LogP contribution in [0, 0.1) is 0 Å². The molecule has 1 aliphatic heterocycles. The van der Waals surface area contributed by atoms with Gasteiger partial charge in [-0.2, -0.15) is 13.2 Å². The van der Waals surface area contributed by atoms with Crippen molar-refractivity contribution in [3.8, 4) is 0 Å². The van der Waals surface area contributed by atoms with Crippen molar-refractivity contribution in [1.29, 1.82) is 0 Å². The molecular formula is C6H5F3NOS+. The van der Waals surface area contributed by atoms with Crippen molar-refractivity contribution in [3.63, 3.8) is 0 Å². The molecule has 0 unspecified atom stereocenters. The predicted octanol–water partition coefficient (Wildman–Crippen LogP) is 1.68. The average Bonchev–Trinajstić information content (AvgIpc) is 1.92. The van der Waals surface area contributed by atoms with Crippen LogP contribution in [-0.2, 0) is 0 Å². The Morgan fingerprint density at radius 3 is 2.50 bits per heavy atom. The topological polar surface area (TPSA) is 23.2 Å². The molecule has 0 aromatic heterocycles. The second kappa shape index (κ2) is 2.85. The van der Waals surface area contributed by atoms with Crippen LogP contribution in [-0.4, -0.2) is 27.3 Å². The summed E-state index contributed by atoms with van der Waals surface area (Å²) in [6, 6.07) is 0. The highest BCUT2D eigenvalue weighted by molar-refractivity contribution is 7.80. The number of nitrogens with zero attached hydrogens (tertiary/aromatic N) is 1. The molecule has 0 bridgehead atoms. The Hall–Kier alpha value is -0.910. The first-order valence-corrected chi connectivity index (χ1v) is 3.45. The molecule has 0 saturated carbocycles. The van der Waals surface area contributed by atoms with Crippen molar-refractivity contribution < 1.29 is 23.1 Å². The molecule has 1 N–H and O–H groups in total. The van der Waals surface area contributed by atoms with Crippen LogP contribution in [0.15, 0.2) is 11.6 Å². The monoisotopic (exact) mass is 196 g/mol. The molecule has 0 aromatic rings. The standard InChI is InChI=1S/C6H5F3NOS/c7-6(8,9)4-1-2-5(12)10(11)3-4/h1,3,11H,2H2/q+1. The predicted molar refractivity (Wildman–Crippen MR) is 39.5 cm³/mol. The van der Waals surface area contributed by atoms with Gasteiger partial charge in [0.15, 0.2) is 0 Å². The van der Waals surface area contributed by atoms with Crippen molar-refractivity contribution >= 4 is 23.4 Å². The van der Waals surface area contributed by atoms with Gasteiger partial charge in [-0.1, -0.05) is 6.08 Å². The lowest BCUT2D eigenvalue weighted by molar-refractivity contribution is -0.684. The zero-order valence-electron chi connectivity index (χ0n) is 5.80. The van der Waals surface area contributed by atoms with Gasteiger partial charge in [0.1, 0.15) is 5.57 Å². The molecular weight excluding hydrogens is 191 g/mol. The normalized spacial score (nSPS) is 18.8. The number of halogens is 3. The van der Waals surface area contributed by atoms with E-state index in [-0.39, 0.29) is 11.4 Å². The number of hydroxylamine groups is 1. The third kappa shape index (κ3) is 1.82. The lowest BCUT2D eigenvalue weighted by Gasteiger charge is -2.07. The van der Waals surface area contributed by atoms with Crippen molar-refractivity contribution in [2.45, 2.75) is 12.6 Å². The second-order valence-electron chi connectivity index (χ2n) is 2.23. The third-order valence-electron chi connectivity index (χ3n) is 1.34. The molecule has 6 heteroatoms. The summed E-state index contributed by atoms with van der Waals surface area (Å²) in [6.45, 7) is 0. The molecule has 1 rings (SSSR count). The molecule has 0 spiro atoms. The van der Waals surface area contributed by atoms with Crippen LogP contribution in [0.3, 0.4) is 0 Å². The van der Waals surface area contributed by atoms with Gasteiger partial charge in [-0.3, -0.25) is 5.21 Å². The van der Waals surface area contributed by atoms with E-state index in [1.807, 2.05) is 0 Å². The Kier molecular flexibility index (Phi) is 2.18. The summed E-state index contributed by atoms with van der Waals surface area (Å²) >= 11 is 4.54. The van der Waals surface area contributed by atoms with Gasteiger partial charge in [0.25, 0.3) is 0 Å². The Balaban J connectivity index is 2.93. The molecule has 0 saturated heterocycles. The highest BCUT2D eigenvalue weighted by Gasteiger charge is 2.38. The van der Waals surface area contributed by atoms with E-state index in [2.05, 4.69) is 12.2 Å². The summed E-state index contributed by atoms with van der Waals surface area (Å²) < 4.78 is 36.2. The smallest absolute Gasteiger partial charge is 0.284 e. The van der Waals surface area contributed by atoms with E-state index in [0.29, 0.717) is 11.0 Å². The van der Waals surface area contributed by atoms with E-state index in [4.69, 9.17) is 5.21 Å². The van der Waals surface area contributed by atoms with Crippen LogP contribution in [0.2, 0.25) is 0 Å². The molecule has 2 nitrogen and oxygen atoms in total. The first kappa shape index (κ1) is 9.18. The highest BCUT2D eigenvalue weighted by Crippen LogP contribution is 2.25. The van der Waals surface area contributed by atoms with E-state index in [9.17, 15) is 13.2 Å². The fraction of sp³-hybridized carbons (Fsp3) is 0.333. The quantitative estimate of drug-likeness (QED) is 0.362. The molecule has 0 amide bonds. The van der Waals surface area contributed by atoms with E-state index in [1.165, 1.54) is 0 Å². The number of allylic oxidation sites excluding steroid dienone is 1. The SMILES string of the molecule is O[N+]1=CC(C(F)(F)F)=CCC1=S. The summed E-state index contributed by atoms with van der Waals surface area (Å²) in [5, 5.41) is 8.81. The van der Waals surface area contributed by atoms with Gasteiger partial charge in [0, 0.05) is 4.74 Å². The van der Waals surface area contributed by atoms with Crippen LogP contribution >= 0.6 is 12.2 Å². The zero-order chi connectivity index (χ0) is 9.35. The number of hydrogen-bond acceptors (Lipinski definition) is 2. The Morgan fingerprint density at radius 1 is 1.50 bits per heavy atom. The maximum absolute atomic E-state index is 12.0. The van der Waals surface area contributed by atoms with Gasteiger partial charge in [-0.25, -0.2) is 0 Å². The number of rotatable bonds is 0. The maximum atomic E-state index is 12.0. The van der Waals surface area contributed by atoms with Gasteiger partial charge >= 0.3 is 11.2 Å². The largest absolute Gasteiger partial charge is 0.422 e. The summed E-state index contributed by atoms with van der Waals surface area (Å²) in [5.41, 5.74) is -0.876. The molecule has 0 atom stereocenters. The summed E-state index contributed by atoms with van der Waals surface area (Å²) in [4.78, 5) is 0.0583.